The first-order chi connectivity index (χ1) is 5.59. The van der Waals surface area contributed by atoms with Gasteiger partial charge in [0.05, 0.1) is 0 Å². The maximum Gasteiger partial charge on any atom is 0.707 e. The lowest BCUT2D eigenvalue weighted by Gasteiger charge is -2.06. The zero-order valence-electron chi connectivity index (χ0n) is 7.11. The zero-order chi connectivity index (χ0) is 9.14. The topological polar surface area (TPSA) is 49.7 Å². The van der Waals surface area contributed by atoms with Gasteiger partial charge < -0.3 is 14.7 Å². The molecule has 1 aromatic carbocycles. The predicted molar refractivity (Wildman–Crippen MR) is 46.7 cm³/mol. The Morgan fingerprint density at radius 2 is 1.83 bits per heavy atom. The highest BCUT2D eigenvalue weighted by Gasteiger charge is 2.10. The standard InChI is InChI=1S/C8H11BO3/c1-6-3-4-8(5-7(6)2)12-9(10)11/h3-5,10-11H,1-2H3. The molecular formula is C8H11BO3. The van der Waals surface area contributed by atoms with Crippen LogP contribution in [-0.2, 0) is 0 Å². The summed E-state index contributed by atoms with van der Waals surface area (Å²) in [6.07, 6.45) is 0. The second kappa shape index (κ2) is 3.60. The van der Waals surface area contributed by atoms with Crippen LogP contribution < -0.4 is 4.65 Å². The van der Waals surface area contributed by atoms with Crippen molar-refractivity contribution in [1.29, 1.82) is 0 Å². The third-order valence-corrected chi connectivity index (χ3v) is 1.72. The summed E-state index contributed by atoms with van der Waals surface area (Å²) >= 11 is 0. The summed E-state index contributed by atoms with van der Waals surface area (Å²) in [5, 5.41) is 17.0. The van der Waals surface area contributed by atoms with Crippen molar-refractivity contribution in [3.05, 3.63) is 29.3 Å². The molecule has 0 bridgehead atoms. The summed E-state index contributed by atoms with van der Waals surface area (Å²) in [4.78, 5) is 0. The van der Waals surface area contributed by atoms with Crippen LogP contribution in [0.15, 0.2) is 18.2 Å². The van der Waals surface area contributed by atoms with E-state index >= 15 is 0 Å². The van der Waals surface area contributed by atoms with Crippen LogP contribution >= 0.6 is 0 Å². The molecule has 0 atom stereocenters. The summed E-state index contributed by atoms with van der Waals surface area (Å²) in [6, 6.07) is 5.32. The summed E-state index contributed by atoms with van der Waals surface area (Å²) < 4.78 is 4.66. The summed E-state index contributed by atoms with van der Waals surface area (Å²) in [6.45, 7) is 3.92. The second-order valence-electron chi connectivity index (χ2n) is 2.69. The average Bonchev–Trinajstić information content (AvgIpc) is 1.96. The third-order valence-electron chi connectivity index (χ3n) is 1.72. The van der Waals surface area contributed by atoms with Crippen molar-refractivity contribution in [3.8, 4) is 5.75 Å². The van der Waals surface area contributed by atoms with Crippen LogP contribution in [0.4, 0.5) is 0 Å². The summed E-state index contributed by atoms with van der Waals surface area (Å²) in [5.41, 5.74) is 2.21. The molecule has 64 valence electrons. The van der Waals surface area contributed by atoms with E-state index in [1.807, 2.05) is 19.9 Å². The second-order valence-corrected chi connectivity index (χ2v) is 2.69. The molecule has 0 saturated carbocycles. The fourth-order valence-corrected chi connectivity index (χ4v) is 0.909. The lowest BCUT2D eigenvalue weighted by atomic mass is 10.1. The SMILES string of the molecule is Cc1ccc(OB(O)O)cc1C. The summed E-state index contributed by atoms with van der Waals surface area (Å²) in [5.74, 6) is 0.466. The number of hydrogen-bond acceptors (Lipinski definition) is 3. The van der Waals surface area contributed by atoms with E-state index in [1.54, 1.807) is 12.1 Å². The smallest absolute Gasteiger partial charge is 0.512 e. The lowest BCUT2D eigenvalue weighted by molar-refractivity contribution is 0.288. The van der Waals surface area contributed by atoms with Crippen LogP contribution in [0.1, 0.15) is 11.1 Å². The van der Waals surface area contributed by atoms with Crippen molar-refractivity contribution in [2.45, 2.75) is 13.8 Å². The molecule has 0 amide bonds. The van der Waals surface area contributed by atoms with E-state index in [-0.39, 0.29) is 0 Å². The van der Waals surface area contributed by atoms with Crippen LogP contribution in [-0.4, -0.2) is 17.4 Å². The van der Waals surface area contributed by atoms with Gasteiger partial charge in [-0.1, -0.05) is 6.07 Å². The number of rotatable bonds is 2. The van der Waals surface area contributed by atoms with Crippen molar-refractivity contribution >= 4 is 7.32 Å². The Balaban J connectivity index is 2.82. The van der Waals surface area contributed by atoms with Gasteiger partial charge in [-0.3, -0.25) is 0 Å². The van der Waals surface area contributed by atoms with Gasteiger partial charge in [-0.2, -0.15) is 0 Å². The minimum Gasteiger partial charge on any atom is -0.512 e. The van der Waals surface area contributed by atoms with Crippen molar-refractivity contribution in [2.24, 2.45) is 0 Å². The molecule has 0 aliphatic carbocycles. The maximum atomic E-state index is 8.50. The Morgan fingerprint density at radius 1 is 1.17 bits per heavy atom. The molecule has 0 unspecified atom stereocenters. The van der Waals surface area contributed by atoms with Gasteiger partial charge in [0, 0.05) is 0 Å². The number of hydrogen-bond donors (Lipinski definition) is 2. The van der Waals surface area contributed by atoms with Crippen LogP contribution in [0.5, 0.6) is 5.75 Å². The van der Waals surface area contributed by atoms with Gasteiger partial charge in [-0.15, -0.1) is 0 Å². The Labute approximate surface area is 71.8 Å². The van der Waals surface area contributed by atoms with Gasteiger partial charge in [-0.05, 0) is 37.1 Å². The normalized spacial score (nSPS) is 9.67. The van der Waals surface area contributed by atoms with Gasteiger partial charge in [-0.25, -0.2) is 0 Å². The van der Waals surface area contributed by atoms with Crippen molar-refractivity contribution < 1.29 is 14.7 Å². The highest BCUT2D eigenvalue weighted by molar-refractivity contribution is 6.33. The van der Waals surface area contributed by atoms with Gasteiger partial charge in [0.25, 0.3) is 0 Å². The minimum absolute atomic E-state index is 0.466. The first-order valence-electron chi connectivity index (χ1n) is 3.69. The summed E-state index contributed by atoms with van der Waals surface area (Å²) in [7, 11) is -1.74. The van der Waals surface area contributed by atoms with E-state index < -0.39 is 7.32 Å². The van der Waals surface area contributed by atoms with Crippen LogP contribution in [0, 0.1) is 13.8 Å². The molecule has 0 spiro atoms. The monoisotopic (exact) mass is 166 g/mol. The predicted octanol–water partition coefficient (Wildman–Crippen LogP) is 0.652. The number of benzene rings is 1. The fraction of sp³-hybridized carbons (Fsp3) is 0.250. The van der Waals surface area contributed by atoms with Gasteiger partial charge in [0.15, 0.2) is 0 Å². The molecular weight excluding hydrogens is 155 g/mol. The van der Waals surface area contributed by atoms with E-state index in [9.17, 15) is 0 Å². The molecule has 2 N–H and O–H groups in total. The Morgan fingerprint density at radius 3 is 2.33 bits per heavy atom. The van der Waals surface area contributed by atoms with Crippen LogP contribution in [0.25, 0.3) is 0 Å². The van der Waals surface area contributed by atoms with Crippen molar-refractivity contribution in [2.75, 3.05) is 0 Å². The highest BCUT2D eigenvalue weighted by Crippen LogP contribution is 2.16. The molecule has 0 saturated heterocycles. The van der Waals surface area contributed by atoms with E-state index in [0.717, 1.165) is 11.1 Å². The molecule has 0 aliphatic rings. The first kappa shape index (κ1) is 9.10. The van der Waals surface area contributed by atoms with Gasteiger partial charge in [0.2, 0.25) is 0 Å². The van der Waals surface area contributed by atoms with Crippen LogP contribution in [0.3, 0.4) is 0 Å². The van der Waals surface area contributed by atoms with E-state index in [4.69, 9.17) is 10.0 Å². The fourth-order valence-electron chi connectivity index (χ4n) is 0.909. The largest absolute Gasteiger partial charge is 0.707 e. The first-order valence-corrected chi connectivity index (χ1v) is 3.69. The molecule has 0 fully saturated rings. The van der Waals surface area contributed by atoms with E-state index in [2.05, 4.69) is 4.65 Å². The van der Waals surface area contributed by atoms with Gasteiger partial charge in [0.1, 0.15) is 5.75 Å². The molecule has 3 nitrogen and oxygen atoms in total. The Bertz CT molecular complexity index is 273. The molecule has 0 heterocycles. The molecule has 1 aromatic rings. The quantitative estimate of drug-likeness (QED) is 0.634. The minimum atomic E-state index is -1.74. The third kappa shape index (κ3) is 2.25. The Kier molecular flexibility index (Phi) is 2.73. The molecule has 12 heavy (non-hydrogen) atoms. The average molecular weight is 166 g/mol. The van der Waals surface area contributed by atoms with E-state index in [0.29, 0.717) is 5.75 Å². The Hall–Kier alpha value is -0.995. The lowest BCUT2D eigenvalue weighted by Crippen LogP contribution is -2.20. The van der Waals surface area contributed by atoms with Crippen molar-refractivity contribution in [3.63, 3.8) is 0 Å². The van der Waals surface area contributed by atoms with E-state index in [1.165, 1.54) is 0 Å². The van der Waals surface area contributed by atoms with Gasteiger partial charge >= 0.3 is 7.32 Å². The van der Waals surface area contributed by atoms with Crippen molar-refractivity contribution in [1.82, 2.24) is 0 Å². The molecule has 0 aromatic heterocycles. The molecule has 0 aliphatic heterocycles. The molecule has 4 heteroatoms. The number of aryl methyl sites for hydroxylation is 2. The molecule has 1 rings (SSSR count). The maximum absolute atomic E-state index is 8.50. The highest BCUT2D eigenvalue weighted by atomic mass is 16.6. The zero-order valence-corrected chi connectivity index (χ0v) is 7.11. The molecule has 0 radical (unpaired) electrons. The van der Waals surface area contributed by atoms with Crippen LogP contribution in [0.2, 0.25) is 0 Å².